The van der Waals surface area contributed by atoms with E-state index in [4.69, 9.17) is 14.2 Å². The first-order valence-electron chi connectivity index (χ1n) is 7.88. The van der Waals surface area contributed by atoms with Gasteiger partial charge in [-0.2, -0.15) is 0 Å². The van der Waals surface area contributed by atoms with Crippen molar-refractivity contribution >= 4 is 17.5 Å². The Morgan fingerprint density at radius 1 is 1.13 bits per heavy atom. The number of carbonyl (C=O) groups is 2. The highest BCUT2D eigenvalue weighted by Gasteiger charge is 2.38. The Bertz CT molecular complexity index is 546. The van der Waals surface area contributed by atoms with Crippen molar-refractivity contribution in [3.8, 4) is 0 Å². The van der Waals surface area contributed by atoms with E-state index in [2.05, 4.69) is 0 Å². The molecule has 1 aliphatic heterocycles. The van der Waals surface area contributed by atoms with Crippen LogP contribution in [0.1, 0.15) is 25.8 Å². The molecule has 1 heterocycles. The molecule has 0 amide bonds. The monoisotopic (exact) mass is 318 g/mol. The van der Waals surface area contributed by atoms with E-state index in [-0.39, 0.29) is 13.2 Å². The predicted octanol–water partition coefficient (Wildman–Crippen LogP) is 2.60. The van der Waals surface area contributed by atoms with Crippen LogP contribution in [-0.2, 0) is 23.8 Å². The second-order valence-corrected chi connectivity index (χ2v) is 5.13. The molecular weight excluding hydrogens is 296 g/mol. The zero-order valence-corrected chi connectivity index (χ0v) is 13.5. The Hall–Kier alpha value is -2.14. The van der Waals surface area contributed by atoms with Crippen LogP contribution in [-0.4, -0.2) is 37.9 Å². The van der Waals surface area contributed by atoms with Crippen LogP contribution < -0.4 is 0 Å². The number of carbonyl (C=O) groups excluding carboxylic acids is 2. The fourth-order valence-corrected chi connectivity index (χ4v) is 2.55. The van der Waals surface area contributed by atoms with E-state index in [1.807, 2.05) is 36.4 Å². The lowest BCUT2D eigenvalue weighted by atomic mass is 9.93. The van der Waals surface area contributed by atoms with Gasteiger partial charge in [0.15, 0.2) is 5.92 Å². The molecule has 2 rings (SSSR count). The minimum Gasteiger partial charge on any atom is -0.465 e. The van der Waals surface area contributed by atoms with Gasteiger partial charge >= 0.3 is 11.9 Å². The average molecular weight is 318 g/mol. The minimum absolute atomic E-state index is 0.205. The van der Waals surface area contributed by atoms with Gasteiger partial charge in [0.25, 0.3) is 0 Å². The van der Waals surface area contributed by atoms with Crippen LogP contribution in [0.5, 0.6) is 0 Å². The molecule has 5 heteroatoms. The number of rotatable bonds is 6. The van der Waals surface area contributed by atoms with E-state index in [0.717, 1.165) is 17.6 Å². The molecule has 0 aliphatic carbocycles. The SMILES string of the molecule is CCOC(=O)C(C(=O)OCC)C1C=C(c2ccccc2)CCO1. The number of hydrogen-bond acceptors (Lipinski definition) is 5. The van der Waals surface area contributed by atoms with Gasteiger partial charge in [-0.3, -0.25) is 9.59 Å². The number of benzene rings is 1. The minimum atomic E-state index is -1.09. The molecule has 0 saturated heterocycles. The van der Waals surface area contributed by atoms with Crippen molar-refractivity contribution in [2.24, 2.45) is 5.92 Å². The first-order valence-corrected chi connectivity index (χ1v) is 7.88. The summed E-state index contributed by atoms with van der Waals surface area (Å²) in [6.07, 6.45) is 1.90. The molecule has 1 unspecified atom stereocenters. The maximum absolute atomic E-state index is 12.2. The number of ether oxygens (including phenoxy) is 3. The molecule has 0 spiro atoms. The topological polar surface area (TPSA) is 61.8 Å². The fourth-order valence-electron chi connectivity index (χ4n) is 2.55. The molecule has 1 aromatic carbocycles. The summed E-state index contributed by atoms with van der Waals surface area (Å²) in [6, 6.07) is 9.85. The third kappa shape index (κ3) is 4.42. The van der Waals surface area contributed by atoms with Gasteiger partial charge in [-0.05, 0) is 31.4 Å². The van der Waals surface area contributed by atoms with E-state index in [1.54, 1.807) is 13.8 Å². The lowest BCUT2D eigenvalue weighted by Crippen LogP contribution is -2.39. The van der Waals surface area contributed by atoms with Crippen LogP contribution in [0.4, 0.5) is 0 Å². The smallest absolute Gasteiger partial charge is 0.323 e. The number of esters is 2. The highest BCUT2D eigenvalue weighted by molar-refractivity contribution is 5.96. The third-order valence-electron chi connectivity index (χ3n) is 3.60. The van der Waals surface area contributed by atoms with Crippen molar-refractivity contribution in [3.05, 3.63) is 42.0 Å². The van der Waals surface area contributed by atoms with Gasteiger partial charge in [0, 0.05) is 0 Å². The molecule has 0 N–H and O–H groups in total. The van der Waals surface area contributed by atoms with Crippen LogP contribution in [0.3, 0.4) is 0 Å². The van der Waals surface area contributed by atoms with E-state index in [0.29, 0.717) is 6.61 Å². The van der Waals surface area contributed by atoms with Crippen LogP contribution in [0.15, 0.2) is 36.4 Å². The molecule has 0 fully saturated rings. The molecule has 0 aromatic heterocycles. The summed E-state index contributed by atoms with van der Waals surface area (Å²) in [5.74, 6) is -2.31. The van der Waals surface area contributed by atoms with E-state index in [1.165, 1.54) is 0 Å². The van der Waals surface area contributed by atoms with E-state index in [9.17, 15) is 9.59 Å². The summed E-state index contributed by atoms with van der Waals surface area (Å²) in [6.45, 7) is 4.26. The second kappa shape index (κ2) is 8.48. The van der Waals surface area contributed by atoms with Gasteiger partial charge < -0.3 is 14.2 Å². The third-order valence-corrected chi connectivity index (χ3v) is 3.60. The lowest BCUT2D eigenvalue weighted by Gasteiger charge is -2.27. The maximum atomic E-state index is 12.2. The Morgan fingerprint density at radius 3 is 2.30 bits per heavy atom. The van der Waals surface area contributed by atoms with E-state index >= 15 is 0 Å². The van der Waals surface area contributed by atoms with Crippen LogP contribution in [0, 0.1) is 5.92 Å². The summed E-state index contributed by atoms with van der Waals surface area (Å²) in [5.41, 5.74) is 2.12. The highest BCUT2D eigenvalue weighted by Crippen LogP contribution is 2.27. The van der Waals surface area contributed by atoms with Crippen molar-refractivity contribution in [2.75, 3.05) is 19.8 Å². The fraction of sp³-hybridized carbons (Fsp3) is 0.444. The van der Waals surface area contributed by atoms with Crippen LogP contribution in [0.25, 0.3) is 5.57 Å². The predicted molar refractivity (Wildman–Crippen MR) is 85.5 cm³/mol. The molecule has 23 heavy (non-hydrogen) atoms. The molecule has 1 atom stereocenters. The molecule has 5 nitrogen and oxygen atoms in total. The van der Waals surface area contributed by atoms with Crippen molar-refractivity contribution in [2.45, 2.75) is 26.4 Å². The van der Waals surface area contributed by atoms with Crippen molar-refractivity contribution < 1.29 is 23.8 Å². The number of hydrogen-bond donors (Lipinski definition) is 0. The molecular formula is C18H22O5. The molecule has 1 aromatic rings. The van der Waals surface area contributed by atoms with Crippen LogP contribution >= 0.6 is 0 Å². The quantitative estimate of drug-likeness (QED) is 0.596. The zero-order valence-electron chi connectivity index (χ0n) is 13.5. The zero-order chi connectivity index (χ0) is 16.7. The van der Waals surface area contributed by atoms with Gasteiger partial charge in [-0.15, -0.1) is 0 Å². The van der Waals surface area contributed by atoms with Crippen molar-refractivity contribution in [1.29, 1.82) is 0 Å². The summed E-state index contributed by atoms with van der Waals surface area (Å²) in [4.78, 5) is 24.3. The Kier molecular flexibility index (Phi) is 6.35. The summed E-state index contributed by atoms with van der Waals surface area (Å²) in [7, 11) is 0. The van der Waals surface area contributed by atoms with Gasteiger partial charge in [-0.25, -0.2) is 0 Å². The summed E-state index contributed by atoms with van der Waals surface area (Å²) < 4.78 is 15.7. The molecule has 0 saturated carbocycles. The largest absolute Gasteiger partial charge is 0.465 e. The normalized spacial score (nSPS) is 17.5. The summed E-state index contributed by atoms with van der Waals surface area (Å²) in [5, 5.41) is 0. The molecule has 124 valence electrons. The lowest BCUT2D eigenvalue weighted by molar-refractivity contribution is -0.167. The summed E-state index contributed by atoms with van der Waals surface area (Å²) >= 11 is 0. The van der Waals surface area contributed by atoms with Crippen molar-refractivity contribution in [1.82, 2.24) is 0 Å². The maximum Gasteiger partial charge on any atom is 0.323 e. The highest BCUT2D eigenvalue weighted by atomic mass is 16.6. The first-order chi connectivity index (χ1) is 11.2. The van der Waals surface area contributed by atoms with E-state index < -0.39 is 24.0 Å². The Balaban J connectivity index is 2.26. The molecule has 1 aliphatic rings. The average Bonchev–Trinajstić information content (AvgIpc) is 2.57. The first kappa shape index (κ1) is 17.2. The van der Waals surface area contributed by atoms with Gasteiger partial charge in [-0.1, -0.05) is 36.4 Å². The van der Waals surface area contributed by atoms with Gasteiger partial charge in [0.2, 0.25) is 0 Å². The molecule has 0 bridgehead atoms. The Labute approximate surface area is 136 Å². The standard InChI is InChI=1S/C18H22O5/c1-3-21-17(19)16(18(20)22-4-2)15-12-14(10-11-23-15)13-8-6-5-7-9-13/h5-9,12,15-16H,3-4,10-11H2,1-2H3. The second-order valence-electron chi connectivity index (χ2n) is 5.13. The van der Waals surface area contributed by atoms with Gasteiger partial charge in [0.05, 0.1) is 19.8 Å². The molecule has 0 radical (unpaired) electrons. The van der Waals surface area contributed by atoms with Crippen molar-refractivity contribution in [3.63, 3.8) is 0 Å². The van der Waals surface area contributed by atoms with Crippen LogP contribution in [0.2, 0.25) is 0 Å². The van der Waals surface area contributed by atoms with Gasteiger partial charge in [0.1, 0.15) is 6.10 Å². The Morgan fingerprint density at radius 2 is 1.74 bits per heavy atom.